The summed E-state index contributed by atoms with van der Waals surface area (Å²) in [5.74, 6) is 1.42. The summed E-state index contributed by atoms with van der Waals surface area (Å²) < 4.78 is 67.7. The van der Waals surface area contributed by atoms with E-state index in [-0.39, 0.29) is 31.6 Å². The first kappa shape index (κ1) is 38.8. The molecule has 0 bridgehead atoms. The molecular formula is C44H50O6S2. The van der Waals surface area contributed by atoms with Gasteiger partial charge in [0, 0.05) is 11.5 Å². The predicted octanol–water partition coefficient (Wildman–Crippen LogP) is 10.9. The first-order chi connectivity index (χ1) is 24.8. The van der Waals surface area contributed by atoms with E-state index in [1.807, 2.05) is 48.5 Å². The van der Waals surface area contributed by atoms with E-state index in [1.165, 1.54) is 47.0 Å². The lowest BCUT2D eigenvalue weighted by molar-refractivity contribution is 0.339. The molecule has 1 unspecified atom stereocenters. The van der Waals surface area contributed by atoms with Crippen molar-refractivity contribution < 1.29 is 26.3 Å². The third-order valence-corrected chi connectivity index (χ3v) is 13.5. The first-order valence-electron chi connectivity index (χ1n) is 18.1. The zero-order valence-electron chi connectivity index (χ0n) is 31.1. The van der Waals surface area contributed by atoms with Crippen molar-refractivity contribution in [2.45, 2.75) is 99.0 Å². The standard InChI is InChI=1S/C44H50O6S2/c1-7-11-34(9-3)35-16-12-33(13-17-35)31-51(45,46)43-30-40(49-10-4)26-29-42(43)52(47,48)41-27-24-39(25-28-41)50-38-22-20-37(21-23-38)44(5,6)36-18-14-32(8-2)15-19-36/h12-30,34H,7-11,31H2,1-6H3. The summed E-state index contributed by atoms with van der Waals surface area (Å²) in [5.41, 5.74) is 5.22. The van der Waals surface area contributed by atoms with Crippen LogP contribution in [-0.2, 0) is 37.3 Å². The van der Waals surface area contributed by atoms with Gasteiger partial charge >= 0.3 is 0 Å². The molecule has 5 aromatic carbocycles. The average Bonchev–Trinajstić information content (AvgIpc) is 3.14. The zero-order valence-corrected chi connectivity index (χ0v) is 32.7. The van der Waals surface area contributed by atoms with Crippen molar-refractivity contribution in [1.82, 2.24) is 0 Å². The Balaban J connectivity index is 1.36. The van der Waals surface area contributed by atoms with E-state index >= 15 is 0 Å². The topological polar surface area (TPSA) is 86.7 Å². The van der Waals surface area contributed by atoms with Crippen LogP contribution < -0.4 is 9.47 Å². The number of ether oxygens (including phenoxy) is 2. The molecule has 0 N–H and O–H groups in total. The normalized spacial score (nSPS) is 12.7. The van der Waals surface area contributed by atoms with E-state index < -0.39 is 19.7 Å². The van der Waals surface area contributed by atoms with Gasteiger partial charge in [-0.1, -0.05) is 102 Å². The highest BCUT2D eigenvalue weighted by Crippen LogP contribution is 2.36. The molecule has 0 aromatic heterocycles. The molecule has 6 nitrogen and oxygen atoms in total. The van der Waals surface area contributed by atoms with Crippen LogP contribution in [0.25, 0.3) is 0 Å². The molecule has 5 aromatic rings. The Kier molecular flexibility index (Phi) is 12.3. The molecule has 5 rings (SSSR count). The molecule has 0 aliphatic rings. The van der Waals surface area contributed by atoms with E-state index in [0.717, 1.165) is 31.2 Å². The molecule has 8 heteroatoms. The van der Waals surface area contributed by atoms with E-state index in [0.29, 0.717) is 29.6 Å². The molecule has 0 radical (unpaired) electrons. The number of benzene rings is 5. The number of aryl methyl sites for hydroxylation is 1. The van der Waals surface area contributed by atoms with Crippen LogP contribution in [0.2, 0.25) is 0 Å². The van der Waals surface area contributed by atoms with Gasteiger partial charge in [0.1, 0.15) is 17.2 Å². The molecule has 0 saturated heterocycles. The quantitative estimate of drug-likeness (QED) is 0.100. The summed E-state index contributed by atoms with van der Waals surface area (Å²) in [6.45, 7) is 12.9. The van der Waals surface area contributed by atoms with Crippen molar-refractivity contribution in [1.29, 1.82) is 0 Å². The summed E-state index contributed by atoms with van der Waals surface area (Å²) in [7, 11) is -8.33. The molecule has 0 amide bonds. The van der Waals surface area contributed by atoms with Crippen LogP contribution in [-0.4, -0.2) is 23.4 Å². The van der Waals surface area contributed by atoms with Crippen molar-refractivity contribution in [2.75, 3.05) is 6.61 Å². The number of sulfone groups is 2. The van der Waals surface area contributed by atoms with Crippen LogP contribution in [0.1, 0.15) is 94.5 Å². The Morgan fingerprint density at radius 3 is 1.69 bits per heavy atom. The molecule has 52 heavy (non-hydrogen) atoms. The fourth-order valence-corrected chi connectivity index (χ4v) is 10.0. The molecule has 274 valence electrons. The van der Waals surface area contributed by atoms with Gasteiger partial charge in [-0.25, -0.2) is 16.8 Å². The average molecular weight is 739 g/mol. The smallest absolute Gasteiger partial charge is 0.207 e. The lowest BCUT2D eigenvalue weighted by atomic mass is 9.78. The van der Waals surface area contributed by atoms with E-state index in [1.54, 1.807) is 19.1 Å². The van der Waals surface area contributed by atoms with Gasteiger partial charge in [-0.2, -0.15) is 0 Å². The van der Waals surface area contributed by atoms with Gasteiger partial charge in [-0.3, -0.25) is 0 Å². The molecule has 0 aliphatic carbocycles. The molecule has 1 atom stereocenters. The molecule has 0 heterocycles. The minimum Gasteiger partial charge on any atom is -0.494 e. The lowest BCUT2D eigenvalue weighted by Gasteiger charge is -2.26. The summed E-state index contributed by atoms with van der Waals surface area (Å²) in [6.07, 6.45) is 4.13. The Morgan fingerprint density at radius 2 is 1.15 bits per heavy atom. The zero-order chi connectivity index (χ0) is 37.5. The summed E-state index contributed by atoms with van der Waals surface area (Å²) in [5, 5.41) is 0. The summed E-state index contributed by atoms with van der Waals surface area (Å²) in [4.78, 5) is -0.625. The van der Waals surface area contributed by atoms with E-state index in [9.17, 15) is 16.8 Å². The van der Waals surface area contributed by atoms with Gasteiger partial charge in [-0.05, 0) is 108 Å². The Labute approximate surface area is 310 Å². The fourth-order valence-electron chi connectivity index (χ4n) is 6.56. The van der Waals surface area contributed by atoms with Gasteiger partial charge in [-0.15, -0.1) is 0 Å². The maximum Gasteiger partial charge on any atom is 0.207 e. The van der Waals surface area contributed by atoms with E-state index in [2.05, 4.69) is 58.9 Å². The van der Waals surface area contributed by atoms with Gasteiger partial charge in [0.2, 0.25) is 9.84 Å². The molecule has 0 fully saturated rings. The van der Waals surface area contributed by atoms with Gasteiger partial charge in [0.25, 0.3) is 0 Å². The molecule has 0 saturated carbocycles. The maximum absolute atomic E-state index is 14.0. The highest BCUT2D eigenvalue weighted by molar-refractivity contribution is 7.94. The van der Waals surface area contributed by atoms with Crippen molar-refractivity contribution >= 4 is 19.7 Å². The Hall–Kier alpha value is -4.40. The van der Waals surface area contributed by atoms with Crippen LogP contribution in [0.5, 0.6) is 17.2 Å². The second-order valence-corrected chi connectivity index (χ2v) is 17.6. The van der Waals surface area contributed by atoms with Crippen LogP contribution in [0.15, 0.2) is 130 Å². The minimum atomic E-state index is -4.24. The van der Waals surface area contributed by atoms with E-state index in [4.69, 9.17) is 9.47 Å². The first-order valence-corrected chi connectivity index (χ1v) is 21.3. The number of hydrogen-bond acceptors (Lipinski definition) is 6. The second-order valence-electron chi connectivity index (χ2n) is 13.7. The van der Waals surface area contributed by atoms with Crippen LogP contribution >= 0.6 is 0 Å². The maximum atomic E-state index is 14.0. The summed E-state index contributed by atoms with van der Waals surface area (Å²) in [6, 6.07) is 34.3. The van der Waals surface area contributed by atoms with Gasteiger partial charge in [0.05, 0.1) is 27.0 Å². The van der Waals surface area contributed by atoms with Crippen molar-refractivity contribution in [2.24, 2.45) is 0 Å². The van der Waals surface area contributed by atoms with Gasteiger partial charge in [0.15, 0.2) is 9.84 Å². The van der Waals surface area contributed by atoms with Gasteiger partial charge < -0.3 is 9.47 Å². The minimum absolute atomic E-state index is 0.0440. The third kappa shape index (κ3) is 8.79. The monoisotopic (exact) mass is 738 g/mol. The molecule has 0 aliphatic heterocycles. The highest BCUT2D eigenvalue weighted by Gasteiger charge is 2.29. The SMILES string of the molecule is CCCC(CC)c1ccc(CS(=O)(=O)c2cc(OCC)ccc2S(=O)(=O)c2ccc(Oc3ccc(C(C)(C)c4ccc(CC)cc4)cc3)cc2)cc1. The van der Waals surface area contributed by atoms with Crippen molar-refractivity contribution in [3.8, 4) is 17.2 Å². The van der Waals surface area contributed by atoms with Crippen molar-refractivity contribution in [3.63, 3.8) is 0 Å². The third-order valence-electron chi connectivity index (χ3n) is 9.82. The van der Waals surface area contributed by atoms with Crippen LogP contribution in [0.4, 0.5) is 0 Å². The predicted molar refractivity (Wildman–Crippen MR) is 209 cm³/mol. The van der Waals surface area contributed by atoms with Crippen LogP contribution in [0.3, 0.4) is 0 Å². The second kappa shape index (κ2) is 16.5. The lowest BCUT2D eigenvalue weighted by Crippen LogP contribution is -2.18. The summed E-state index contributed by atoms with van der Waals surface area (Å²) >= 11 is 0. The van der Waals surface area contributed by atoms with Crippen molar-refractivity contribution in [3.05, 3.63) is 143 Å². The highest BCUT2D eigenvalue weighted by atomic mass is 32.2. The van der Waals surface area contributed by atoms with Crippen LogP contribution in [0, 0.1) is 0 Å². The largest absolute Gasteiger partial charge is 0.494 e. The molecule has 0 spiro atoms. The fraction of sp³-hybridized carbons (Fsp3) is 0.318. The molecular weight excluding hydrogens is 689 g/mol. The number of rotatable bonds is 16. The Morgan fingerprint density at radius 1 is 0.615 bits per heavy atom. The Bertz CT molecular complexity index is 2150. The number of hydrogen-bond donors (Lipinski definition) is 0.